The van der Waals surface area contributed by atoms with Crippen LogP contribution in [0.15, 0.2) is 53.5 Å². The molecule has 1 unspecified atom stereocenters. The fraction of sp³-hybridized carbons (Fsp3) is 0.278. The number of nitrogens with one attached hydrogen (secondary N) is 2. The predicted octanol–water partition coefficient (Wildman–Crippen LogP) is 4.21. The number of halogens is 1. The summed E-state index contributed by atoms with van der Waals surface area (Å²) in [5.41, 5.74) is 3.39. The molecule has 0 amide bonds. The fourth-order valence-corrected chi connectivity index (χ4v) is 3.05. The van der Waals surface area contributed by atoms with E-state index in [9.17, 15) is 0 Å². The van der Waals surface area contributed by atoms with Gasteiger partial charge >= 0.3 is 0 Å². The Hall–Kier alpha value is -2.00. The molecule has 0 aliphatic carbocycles. The Labute approximate surface area is 136 Å². The van der Waals surface area contributed by atoms with E-state index in [1.807, 2.05) is 24.3 Å². The molecule has 3 nitrogen and oxygen atoms in total. The van der Waals surface area contributed by atoms with Gasteiger partial charge in [-0.2, -0.15) is 0 Å². The minimum atomic E-state index is 0.165. The van der Waals surface area contributed by atoms with Crippen LogP contribution in [0.1, 0.15) is 30.5 Å². The first kappa shape index (κ1) is 14.9. The van der Waals surface area contributed by atoms with Crippen molar-refractivity contribution in [2.45, 2.75) is 25.8 Å². The molecular formula is C18H20ClN3. The van der Waals surface area contributed by atoms with Gasteiger partial charge in [0.25, 0.3) is 0 Å². The molecule has 0 aromatic heterocycles. The van der Waals surface area contributed by atoms with E-state index in [2.05, 4.69) is 46.8 Å². The molecule has 114 valence electrons. The van der Waals surface area contributed by atoms with Crippen molar-refractivity contribution in [1.29, 1.82) is 0 Å². The summed E-state index contributed by atoms with van der Waals surface area (Å²) in [5.74, 6) is 0.829. The van der Waals surface area contributed by atoms with Gasteiger partial charge in [-0.3, -0.25) is 0 Å². The van der Waals surface area contributed by atoms with E-state index in [1.54, 1.807) is 0 Å². The standard InChI is InChI=1S/C18H20ClN3/c1-13-17-15(19)10-5-11-16(17)22-18(21-13)20-12-6-9-14-7-3-2-4-8-14/h2-5,7-8,10-11,13H,6,9,12H2,1H3,(H2,20,21,22). The van der Waals surface area contributed by atoms with Crippen molar-refractivity contribution in [1.82, 2.24) is 10.6 Å². The first-order chi connectivity index (χ1) is 10.7. The molecule has 1 atom stereocenters. The third kappa shape index (κ3) is 3.42. The van der Waals surface area contributed by atoms with Crippen molar-refractivity contribution in [2.24, 2.45) is 4.99 Å². The van der Waals surface area contributed by atoms with E-state index in [1.165, 1.54) is 5.56 Å². The number of nitrogens with zero attached hydrogens (tertiary/aromatic N) is 1. The van der Waals surface area contributed by atoms with Crippen LogP contribution < -0.4 is 10.6 Å². The average molecular weight is 314 g/mol. The lowest BCUT2D eigenvalue weighted by atomic mass is 10.0. The van der Waals surface area contributed by atoms with Crippen molar-refractivity contribution in [3.8, 4) is 0 Å². The Balaban J connectivity index is 1.57. The molecule has 22 heavy (non-hydrogen) atoms. The summed E-state index contributed by atoms with van der Waals surface area (Å²) in [6.07, 6.45) is 2.14. The zero-order chi connectivity index (χ0) is 15.4. The summed E-state index contributed by atoms with van der Waals surface area (Å²) in [6, 6.07) is 16.6. The van der Waals surface area contributed by atoms with Crippen molar-refractivity contribution in [3.63, 3.8) is 0 Å². The largest absolute Gasteiger partial charge is 0.356 e. The molecule has 2 N–H and O–H groups in total. The number of aryl methyl sites for hydroxylation is 1. The molecule has 3 rings (SSSR count). The normalized spacial score (nSPS) is 16.5. The molecule has 0 fully saturated rings. The van der Waals surface area contributed by atoms with Crippen molar-refractivity contribution in [3.05, 3.63) is 64.7 Å². The zero-order valence-electron chi connectivity index (χ0n) is 12.6. The molecule has 0 bridgehead atoms. The highest BCUT2D eigenvalue weighted by atomic mass is 35.5. The van der Waals surface area contributed by atoms with E-state index in [-0.39, 0.29) is 6.04 Å². The van der Waals surface area contributed by atoms with E-state index in [0.717, 1.165) is 41.6 Å². The highest BCUT2D eigenvalue weighted by Gasteiger charge is 2.20. The van der Waals surface area contributed by atoms with Gasteiger partial charge in [0.05, 0.1) is 11.7 Å². The lowest BCUT2D eigenvalue weighted by Gasteiger charge is -2.25. The summed E-state index contributed by atoms with van der Waals surface area (Å²) >= 11 is 6.25. The van der Waals surface area contributed by atoms with Crippen LogP contribution >= 0.6 is 11.6 Å². The topological polar surface area (TPSA) is 36.4 Å². The zero-order valence-corrected chi connectivity index (χ0v) is 13.4. The van der Waals surface area contributed by atoms with Crippen molar-refractivity contribution >= 4 is 23.2 Å². The molecule has 2 aromatic rings. The van der Waals surface area contributed by atoms with Gasteiger partial charge in [0.1, 0.15) is 0 Å². The van der Waals surface area contributed by atoms with Crippen LogP contribution in [0.4, 0.5) is 5.69 Å². The molecular weight excluding hydrogens is 294 g/mol. The Morgan fingerprint density at radius 3 is 2.77 bits per heavy atom. The van der Waals surface area contributed by atoms with Crippen LogP contribution in [-0.4, -0.2) is 12.5 Å². The van der Waals surface area contributed by atoms with Crippen molar-refractivity contribution in [2.75, 3.05) is 6.54 Å². The van der Waals surface area contributed by atoms with Gasteiger partial charge in [-0.1, -0.05) is 48.0 Å². The quantitative estimate of drug-likeness (QED) is 0.829. The molecule has 1 aliphatic heterocycles. The van der Waals surface area contributed by atoms with E-state index in [0.29, 0.717) is 0 Å². The SMILES string of the molecule is CC1NC(NCCCc2ccccc2)=Nc2cccc(Cl)c21. The third-order valence-electron chi connectivity index (χ3n) is 3.83. The van der Waals surface area contributed by atoms with Crippen LogP contribution in [0.3, 0.4) is 0 Å². The number of guanidine groups is 1. The number of hydrogen-bond donors (Lipinski definition) is 2. The first-order valence-corrected chi connectivity index (χ1v) is 8.03. The number of fused-ring (bicyclic) bond motifs is 1. The Morgan fingerprint density at radius 1 is 1.14 bits per heavy atom. The summed E-state index contributed by atoms with van der Waals surface area (Å²) in [7, 11) is 0. The lowest BCUT2D eigenvalue weighted by molar-refractivity contribution is 0.664. The minimum Gasteiger partial charge on any atom is -0.356 e. The second-order valence-electron chi connectivity index (χ2n) is 5.52. The van der Waals surface area contributed by atoms with Crippen LogP contribution in [0.25, 0.3) is 0 Å². The van der Waals surface area contributed by atoms with Crippen LogP contribution in [0.2, 0.25) is 5.02 Å². The molecule has 0 spiro atoms. The minimum absolute atomic E-state index is 0.165. The second kappa shape index (κ2) is 6.84. The lowest BCUT2D eigenvalue weighted by Crippen LogP contribution is -2.41. The molecule has 0 saturated carbocycles. The maximum Gasteiger partial charge on any atom is 0.196 e. The van der Waals surface area contributed by atoms with Crippen molar-refractivity contribution < 1.29 is 0 Å². The molecule has 0 radical (unpaired) electrons. The summed E-state index contributed by atoms with van der Waals surface area (Å²) < 4.78 is 0. The van der Waals surface area contributed by atoms with Gasteiger partial charge in [-0.05, 0) is 37.5 Å². The molecule has 0 saturated heterocycles. The van der Waals surface area contributed by atoms with Gasteiger partial charge in [-0.25, -0.2) is 4.99 Å². The summed E-state index contributed by atoms with van der Waals surface area (Å²) in [5, 5.41) is 7.51. The second-order valence-corrected chi connectivity index (χ2v) is 5.92. The number of hydrogen-bond acceptors (Lipinski definition) is 3. The first-order valence-electron chi connectivity index (χ1n) is 7.65. The monoisotopic (exact) mass is 313 g/mol. The highest BCUT2D eigenvalue weighted by molar-refractivity contribution is 6.31. The molecule has 1 heterocycles. The maximum absolute atomic E-state index is 6.25. The predicted molar refractivity (Wildman–Crippen MR) is 92.9 cm³/mol. The third-order valence-corrected chi connectivity index (χ3v) is 4.16. The van der Waals surface area contributed by atoms with Gasteiger partial charge in [0.2, 0.25) is 0 Å². The van der Waals surface area contributed by atoms with E-state index >= 15 is 0 Å². The van der Waals surface area contributed by atoms with E-state index in [4.69, 9.17) is 11.6 Å². The maximum atomic E-state index is 6.25. The van der Waals surface area contributed by atoms with E-state index < -0.39 is 0 Å². The Bertz CT molecular complexity index is 667. The fourth-order valence-electron chi connectivity index (χ4n) is 2.72. The number of aliphatic imine (C=N–C) groups is 1. The number of benzene rings is 2. The van der Waals surface area contributed by atoms with Gasteiger partial charge in [-0.15, -0.1) is 0 Å². The summed E-state index contributed by atoms with van der Waals surface area (Å²) in [6.45, 7) is 2.99. The van der Waals surface area contributed by atoms with Gasteiger partial charge in [0, 0.05) is 17.1 Å². The van der Waals surface area contributed by atoms with Gasteiger partial charge < -0.3 is 10.6 Å². The molecule has 1 aliphatic rings. The average Bonchev–Trinajstić information content (AvgIpc) is 2.52. The van der Waals surface area contributed by atoms with Crippen LogP contribution in [0, 0.1) is 0 Å². The highest BCUT2D eigenvalue weighted by Crippen LogP contribution is 2.34. The molecule has 4 heteroatoms. The van der Waals surface area contributed by atoms with Crippen LogP contribution in [-0.2, 0) is 6.42 Å². The number of rotatable bonds is 4. The summed E-state index contributed by atoms with van der Waals surface area (Å²) in [4.78, 5) is 4.61. The Kier molecular flexibility index (Phi) is 4.64. The van der Waals surface area contributed by atoms with Crippen LogP contribution in [0.5, 0.6) is 0 Å². The smallest absolute Gasteiger partial charge is 0.196 e. The molecule has 2 aromatic carbocycles. The van der Waals surface area contributed by atoms with Gasteiger partial charge in [0.15, 0.2) is 5.96 Å². The Morgan fingerprint density at radius 2 is 1.95 bits per heavy atom.